The van der Waals surface area contributed by atoms with Crippen molar-refractivity contribution in [2.75, 3.05) is 6.54 Å². The molecule has 0 aliphatic rings. The van der Waals surface area contributed by atoms with Gasteiger partial charge in [-0.2, -0.15) is 24.5 Å². The van der Waals surface area contributed by atoms with Crippen LogP contribution < -0.4 is 10.6 Å². The standard InChI is InChI=1S/C15H13F3N2O2S/c16-15(17,18)13(10-4-2-1-3-5-10)20-12(21)8-19-14(22)11-6-7-23-9-11/h1-7,9,13H,8H2,(H,19,22)(H,20,21). The van der Waals surface area contributed by atoms with Crippen LogP contribution in [0.4, 0.5) is 13.2 Å². The molecule has 1 aromatic heterocycles. The van der Waals surface area contributed by atoms with Gasteiger partial charge in [-0.05, 0) is 17.0 Å². The molecule has 1 unspecified atom stereocenters. The molecule has 122 valence electrons. The first-order chi connectivity index (χ1) is 10.9. The fourth-order valence-electron chi connectivity index (χ4n) is 1.87. The lowest BCUT2D eigenvalue weighted by atomic mass is 10.1. The van der Waals surface area contributed by atoms with Crippen molar-refractivity contribution in [2.24, 2.45) is 0 Å². The summed E-state index contributed by atoms with van der Waals surface area (Å²) in [4.78, 5) is 23.4. The summed E-state index contributed by atoms with van der Waals surface area (Å²) < 4.78 is 39.3. The van der Waals surface area contributed by atoms with Crippen LogP contribution in [0.15, 0.2) is 47.2 Å². The Hall–Kier alpha value is -2.35. The maximum Gasteiger partial charge on any atom is 0.412 e. The normalized spacial score (nSPS) is 12.5. The van der Waals surface area contributed by atoms with Crippen LogP contribution in [0.2, 0.25) is 0 Å². The summed E-state index contributed by atoms with van der Waals surface area (Å²) in [5.41, 5.74) is 0.288. The quantitative estimate of drug-likeness (QED) is 0.878. The Bertz CT molecular complexity index is 657. The van der Waals surface area contributed by atoms with Gasteiger partial charge in [-0.1, -0.05) is 30.3 Å². The van der Waals surface area contributed by atoms with Crippen molar-refractivity contribution in [3.05, 3.63) is 58.3 Å². The van der Waals surface area contributed by atoms with E-state index in [-0.39, 0.29) is 5.56 Å². The van der Waals surface area contributed by atoms with E-state index in [0.717, 1.165) is 0 Å². The maximum atomic E-state index is 13.1. The smallest absolute Gasteiger partial charge is 0.343 e. The fraction of sp³-hybridized carbons (Fsp3) is 0.200. The Balaban J connectivity index is 1.97. The minimum atomic E-state index is -4.63. The zero-order valence-electron chi connectivity index (χ0n) is 11.8. The number of benzene rings is 1. The van der Waals surface area contributed by atoms with Gasteiger partial charge < -0.3 is 10.6 Å². The molecule has 0 bridgehead atoms. The molecule has 0 saturated heterocycles. The molecule has 0 aliphatic carbocycles. The van der Waals surface area contributed by atoms with Gasteiger partial charge in [0.05, 0.1) is 6.54 Å². The largest absolute Gasteiger partial charge is 0.412 e. The van der Waals surface area contributed by atoms with E-state index >= 15 is 0 Å². The van der Waals surface area contributed by atoms with E-state index in [1.807, 2.05) is 5.32 Å². The summed E-state index contributed by atoms with van der Waals surface area (Å²) in [6.07, 6.45) is -4.63. The van der Waals surface area contributed by atoms with Crippen LogP contribution in [-0.2, 0) is 4.79 Å². The summed E-state index contributed by atoms with van der Waals surface area (Å²) in [6.45, 7) is -0.534. The molecule has 0 saturated carbocycles. The Labute approximate surface area is 134 Å². The van der Waals surface area contributed by atoms with E-state index in [1.54, 1.807) is 22.9 Å². The van der Waals surface area contributed by atoms with Crippen LogP contribution in [0, 0.1) is 0 Å². The molecule has 1 heterocycles. The van der Waals surface area contributed by atoms with Crippen molar-refractivity contribution in [1.82, 2.24) is 10.6 Å². The van der Waals surface area contributed by atoms with Gasteiger partial charge in [-0.15, -0.1) is 0 Å². The molecular formula is C15H13F3N2O2S. The van der Waals surface area contributed by atoms with E-state index in [2.05, 4.69) is 5.32 Å². The van der Waals surface area contributed by atoms with Crippen LogP contribution in [-0.4, -0.2) is 24.5 Å². The van der Waals surface area contributed by atoms with Crippen molar-refractivity contribution in [2.45, 2.75) is 12.2 Å². The first-order valence-corrected chi connectivity index (χ1v) is 7.53. The zero-order valence-corrected chi connectivity index (χ0v) is 12.6. The molecule has 1 aromatic carbocycles. The average Bonchev–Trinajstić information content (AvgIpc) is 3.04. The molecule has 0 fully saturated rings. The van der Waals surface area contributed by atoms with Crippen LogP contribution in [0.1, 0.15) is 22.0 Å². The summed E-state index contributed by atoms with van der Waals surface area (Å²) >= 11 is 1.30. The third kappa shape index (κ3) is 4.82. The molecule has 4 nitrogen and oxygen atoms in total. The lowest BCUT2D eigenvalue weighted by Crippen LogP contribution is -2.43. The van der Waals surface area contributed by atoms with E-state index < -0.39 is 30.6 Å². The highest BCUT2D eigenvalue weighted by atomic mass is 32.1. The predicted molar refractivity (Wildman–Crippen MR) is 80.0 cm³/mol. The van der Waals surface area contributed by atoms with Gasteiger partial charge in [0.25, 0.3) is 5.91 Å². The molecule has 8 heteroatoms. The number of rotatable bonds is 5. The van der Waals surface area contributed by atoms with Gasteiger partial charge in [-0.3, -0.25) is 9.59 Å². The van der Waals surface area contributed by atoms with Gasteiger partial charge in [0, 0.05) is 10.9 Å². The Morgan fingerprint density at radius 1 is 1.13 bits per heavy atom. The highest BCUT2D eigenvalue weighted by molar-refractivity contribution is 7.08. The van der Waals surface area contributed by atoms with Crippen molar-refractivity contribution in [3.8, 4) is 0 Å². The lowest BCUT2D eigenvalue weighted by Gasteiger charge is -2.22. The van der Waals surface area contributed by atoms with Gasteiger partial charge in [0.1, 0.15) is 0 Å². The number of thiophene rings is 1. The van der Waals surface area contributed by atoms with Crippen molar-refractivity contribution >= 4 is 23.2 Å². The molecule has 2 N–H and O–H groups in total. The Kier molecular flexibility index (Phi) is 5.38. The van der Waals surface area contributed by atoms with E-state index in [1.165, 1.54) is 35.6 Å². The number of nitrogens with one attached hydrogen (secondary N) is 2. The van der Waals surface area contributed by atoms with E-state index in [4.69, 9.17) is 0 Å². The van der Waals surface area contributed by atoms with Gasteiger partial charge in [0.2, 0.25) is 5.91 Å². The number of carbonyl (C=O) groups is 2. The molecule has 1 atom stereocenters. The third-order valence-corrected chi connectivity index (χ3v) is 3.64. The predicted octanol–water partition coefficient (Wildman–Crippen LogP) is 2.90. The van der Waals surface area contributed by atoms with Gasteiger partial charge in [-0.25, -0.2) is 0 Å². The topological polar surface area (TPSA) is 58.2 Å². The molecule has 23 heavy (non-hydrogen) atoms. The van der Waals surface area contributed by atoms with Crippen molar-refractivity contribution < 1.29 is 22.8 Å². The van der Waals surface area contributed by atoms with Crippen molar-refractivity contribution in [3.63, 3.8) is 0 Å². The number of hydrogen-bond donors (Lipinski definition) is 2. The Morgan fingerprint density at radius 3 is 2.39 bits per heavy atom. The number of amides is 2. The Morgan fingerprint density at radius 2 is 1.83 bits per heavy atom. The highest BCUT2D eigenvalue weighted by Gasteiger charge is 2.41. The SMILES string of the molecule is O=C(CNC(=O)c1ccsc1)NC(c1ccccc1)C(F)(F)F. The highest BCUT2D eigenvalue weighted by Crippen LogP contribution is 2.32. The van der Waals surface area contributed by atoms with Gasteiger partial charge in [0.15, 0.2) is 6.04 Å². The molecule has 0 spiro atoms. The number of halogens is 3. The second kappa shape index (κ2) is 7.28. The maximum absolute atomic E-state index is 13.1. The summed E-state index contributed by atoms with van der Waals surface area (Å²) in [5, 5.41) is 7.44. The number of carbonyl (C=O) groups excluding carboxylic acids is 2. The van der Waals surface area contributed by atoms with E-state index in [9.17, 15) is 22.8 Å². The second-order valence-corrected chi connectivity index (χ2v) is 5.43. The third-order valence-electron chi connectivity index (χ3n) is 2.96. The van der Waals surface area contributed by atoms with Crippen LogP contribution >= 0.6 is 11.3 Å². The second-order valence-electron chi connectivity index (χ2n) is 4.65. The molecular weight excluding hydrogens is 329 g/mol. The van der Waals surface area contributed by atoms with E-state index in [0.29, 0.717) is 5.56 Å². The average molecular weight is 342 g/mol. The molecule has 2 rings (SSSR count). The molecule has 2 amide bonds. The summed E-state index contributed by atoms with van der Waals surface area (Å²) in [5.74, 6) is -1.43. The first kappa shape index (κ1) is 17.0. The molecule has 0 aliphatic heterocycles. The monoisotopic (exact) mass is 342 g/mol. The number of hydrogen-bond acceptors (Lipinski definition) is 3. The first-order valence-electron chi connectivity index (χ1n) is 6.59. The summed E-state index contributed by atoms with van der Waals surface area (Å²) in [6, 6.07) is 6.50. The van der Waals surface area contributed by atoms with Crippen LogP contribution in [0.3, 0.4) is 0 Å². The van der Waals surface area contributed by atoms with Crippen LogP contribution in [0.5, 0.6) is 0 Å². The van der Waals surface area contributed by atoms with Gasteiger partial charge >= 0.3 is 6.18 Å². The molecule has 2 aromatic rings. The number of alkyl halides is 3. The zero-order chi connectivity index (χ0) is 16.9. The summed E-state index contributed by atoms with van der Waals surface area (Å²) in [7, 11) is 0. The van der Waals surface area contributed by atoms with Crippen molar-refractivity contribution in [1.29, 1.82) is 0 Å². The lowest BCUT2D eigenvalue weighted by molar-refractivity contribution is -0.163. The molecule has 0 radical (unpaired) electrons. The fourth-order valence-corrected chi connectivity index (χ4v) is 2.50. The minimum absolute atomic E-state index is 0.0717. The minimum Gasteiger partial charge on any atom is -0.343 e. The van der Waals surface area contributed by atoms with Crippen LogP contribution in [0.25, 0.3) is 0 Å².